The lowest BCUT2D eigenvalue weighted by Gasteiger charge is -2.19. The zero-order valence-electron chi connectivity index (χ0n) is 13.1. The number of carbonyl (C=O) groups excluding carboxylic acids is 2. The van der Waals surface area contributed by atoms with Gasteiger partial charge in [-0.25, -0.2) is 4.98 Å². The molecule has 23 heavy (non-hydrogen) atoms. The third kappa shape index (κ3) is 3.59. The van der Waals surface area contributed by atoms with Crippen LogP contribution in [0, 0.1) is 0 Å². The van der Waals surface area contributed by atoms with Gasteiger partial charge in [0.15, 0.2) is 0 Å². The second kappa shape index (κ2) is 6.64. The lowest BCUT2D eigenvalue weighted by molar-refractivity contribution is -0.133. The molecule has 6 nitrogen and oxygen atoms in total. The molecule has 1 unspecified atom stereocenters. The summed E-state index contributed by atoms with van der Waals surface area (Å²) >= 11 is 0. The molecule has 0 spiro atoms. The largest absolute Gasteiger partial charge is 0.348 e. The fourth-order valence-electron chi connectivity index (χ4n) is 2.76. The SMILES string of the molecule is CC(NC(=O)CN1CCCC1=O)c1ccc(-n2ccnc2)cc1. The molecule has 0 bridgehead atoms. The van der Waals surface area contributed by atoms with Crippen molar-refractivity contribution >= 4 is 11.8 Å². The molecule has 0 aliphatic carbocycles. The minimum absolute atomic E-state index is 0.0671. The summed E-state index contributed by atoms with van der Waals surface area (Å²) in [5.41, 5.74) is 2.04. The number of aromatic nitrogens is 2. The van der Waals surface area contributed by atoms with Gasteiger partial charge in [0.05, 0.1) is 18.9 Å². The van der Waals surface area contributed by atoms with Crippen LogP contribution in [-0.4, -0.2) is 39.4 Å². The van der Waals surface area contributed by atoms with Crippen LogP contribution in [0.4, 0.5) is 0 Å². The molecule has 1 aromatic heterocycles. The third-order valence-electron chi connectivity index (χ3n) is 4.08. The number of hydrogen-bond donors (Lipinski definition) is 1. The van der Waals surface area contributed by atoms with E-state index in [4.69, 9.17) is 0 Å². The molecule has 2 amide bonds. The smallest absolute Gasteiger partial charge is 0.240 e. The van der Waals surface area contributed by atoms with E-state index in [0.717, 1.165) is 17.7 Å². The Morgan fingerprint density at radius 2 is 2.13 bits per heavy atom. The maximum absolute atomic E-state index is 12.1. The van der Waals surface area contributed by atoms with Crippen LogP contribution in [0.5, 0.6) is 0 Å². The fourth-order valence-corrected chi connectivity index (χ4v) is 2.76. The van der Waals surface area contributed by atoms with E-state index in [0.29, 0.717) is 13.0 Å². The van der Waals surface area contributed by atoms with Gasteiger partial charge in [0.25, 0.3) is 0 Å². The molecule has 1 fully saturated rings. The first kappa shape index (κ1) is 15.3. The number of amides is 2. The molecule has 1 aliphatic heterocycles. The lowest BCUT2D eigenvalue weighted by atomic mass is 10.1. The molecule has 6 heteroatoms. The molecule has 2 heterocycles. The van der Waals surface area contributed by atoms with E-state index < -0.39 is 0 Å². The zero-order valence-corrected chi connectivity index (χ0v) is 13.1. The molecule has 0 radical (unpaired) electrons. The Balaban J connectivity index is 1.58. The average molecular weight is 312 g/mol. The summed E-state index contributed by atoms with van der Waals surface area (Å²) in [5, 5.41) is 2.95. The molecular weight excluding hydrogens is 292 g/mol. The standard InChI is InChI=1S/C17H20N4O2/c1-13(19-16(22)11-20-9-2-3-17(20)23)14-4-6-15(7-5-14)21-10-8-18-12-21/h4-8,10,12-13H,2-3,9,11H2,1H3,(H,19,22). The number of carbonyl (C=O) groups is 2. The Bertz CT molecular complexity index is 679. The molecular formula is C17H20N4O2. The van der Waals surface area contributed by atoms with Gasteiger partial charge in [0, 0.05) is 31.0 Å². The highest BCUT2D eigenvalue weighted by Crippen LogP contribution is 2.16. The minimum Gasteiger partial charge on any atom is -0.348 e. The number of hydrogen-bond acceptors (Lipinski definition) is 3. The predicted molar refractivity (Wildman–Crippen MR) is 85.9 cm³/mol. The average Bonchev–Trinajstić information content (AvgIpc) is 3.20. The highest BCUT2D eigenvalue weighted by Gasteiger charge is 2.22. The Hall–Kier alpha value is -2.63. The number of nitrogens with one attached hydrogen (secondary N) is 1. The Morgan fingerprint density at radius 1 is 1.35 bits per heavy atom. The first-order valence-corrected chi connectivity index (χ1v) is 7.79. The fraction of sp³-hybridized carbons (Fsp3) is 0.353. The molecule has 120 valence electrons. The molecule has 1 saturated heterocycles. The van der Waals surface area contributed by atoms with Gasteiger partial charge in [-0.1, -0.05) is 12.1 Å². The molecule has 2 aromatic rings. The van der Waals surface area contributed by atoms with Crippen molar-refractivity contribution in [1.82, 2.24) is 19.8 Å². The van der Waals surface area contributed by atoms with Crippen LogP contribution in [0.2, 0.25) is 0 Å². The normalized spacial score (nSPS) is 15.7. The van der Waals surface area contributed by atoms with E-state index in [9.17, 15) is 9.59 Å². The van der Waals surface area contributed by atoms with E-state index >= 15 is 0 Å². The zero-order chi connectivity index (χ0) is 16.2. The van der Waals surface area contributed by atoms with Crippen LogP contribution in [-0.2, 0) is 9.59 Å². The summed E-state index contributed by atoms with van der Waals surface area (Å²) in [7, 11) is 0. The second-order valence-corrected chi connectivity index (χ2v) is 5.77. The maximum Gasteiger partial charge on any atom is 0.240 e. The quantitative estimate of drug-likeness (QED) is 0.913. The van der Waals surface area contributed by atoms with Crippen molar-refractivity contribution in [3.63, 3.8) is 0 Å². The van der Waals surface area contributed by atoms with E-state index in [-0.39, 0.29) is 24.4 Å². The van der Waals surface area contributed by atoms with Crippen LogP contribution in [0.25, 0.3) is 5.69 Å². The van der Waals surface area contributed by atoms with Gasteiger partial charge in [-0.15, -0.1) is 0 Å². The number of benzene rings is 1. The molecule has 1 aromatic carbocycles. The van der Waals surface area contributed by atoms with Gasteiger partial charge >= 0.3 is 0 Å². The summed E-state index contributed by atoms with van der Waals surface area (Å²) < 4.78 is 1.92. The molecule has 1 aliphatic rings. The van der Waals surface area contributed by atoms with Crippen LogP contribution >= 0.6 is 0 Å². The first-order valence-electron chi connectivity index (χ1n) is 7.79. The van der Waals surface area contributed by atoms with Gasteiger partial charge in [-0.3, -0.25) is 9.59 Å². The highest BCUT2D eigenvalue weighted by molar-refractivity contribution is 5.86. The van der Waals surface area contributed by atoms with Crippen molar-refractivity contribution in [1.29, 1.82) is 0 Å². The van der Waals surface area contributed by atoms with Crippen LogP contribution < -0.4 is 5.32 Å². The van der Waals surface area contributed by atoms with Gasteiger partial charge < -0.3 is 14.8 Å². The molecule has 1 N–H and O–H groups in total. The maximum atomic E-state index is 12.1. The van der Waals surface area contributed by atoms with Crippen LogP contribution in [0.3, 0.4) is 0 Å². The topological polar surface area (TPSA) is 67.2 Å². The number of imidazole rings is 1. The highest BCUT2D eigenvalue weighted by atomic mass is 16.2. The Morgan fingerprint density at radius 3 is 2.74 bits per heavy atom. The van der Waals surface area contributed by atoms with Crippen molar-refractivity contribution in [3.8, 4) is 5.69 Å². The van der Waals surface area contributed by atoms with Crippen molar-refractivity contribution in [2.45, 2.75) is 25.8 Å². The van der Waals surface area contributed by atoms with E-state index in [1.54, 1.807) is 17.4 Å². The van der Waals surface area contributed by atoms with Crippen LogP contribution in [0.1, 0.15) is 31.4 Å². The number of likely N-dealkylation sites (tertiary alicyclic amines) is 1. The minimum atomic E-state index is -0.119. The molecule has 3 rings (SSSR count). The summed E-state index contributed by atoms with van der Waals surface area (Å²) in [6, 6.07) is 7.85. The summed E-state index contributed by atoms with van der Waals surface area (Å²) in [6.45, 7) is 2.77. The monoisotopic (exact) mass is 312 g/mol. The second-order valence-electron chi connectivity index (χ2n) is 5.77. The first-order chi connectivity index (χ1) is 11.1. The summed E-state index contributed by atoms with van der Waals surface area (Å²) in [6.07, 6.45) is 6.76. The Kier molecular flexibility index (Phi) is 4.41. The van der Waals surface area contributed by atoms with E-state index in [1.165, 1.54) is 0 Å². The summed E-state index contributed by atoms with van der Waals surface area (Å²) in [4.78, 5) is 29.3. The third-order valence-corrected chi connectivity index (χ3v) is 4.08. The van der Waals surface area contributed by atoms with E-state index in [2.05, 4.69) is 10.3 Å². The number of rotatable bonds is 5. The van der Waals surface area contributed by atoms with Crippen molar-refractivity contribution in [3.05, 3.63) is 48.5 Å². The van der Waals surface area contributed by atoms with Gasteiger partial charge in [0.1, 0.15) is 0 Å². The summed E-state index contributed by atoms with van der Waals surface area (Å²) in [5.74, 6) is -0.0519. The molecule has 0 saturated carbocycles. The van der Waals surface area contributed by atoms with E-state index in [1.807, 2.05) is 42.0 Å². The Labute approximate surface area is 135 Å². The lowest BCUT2D eigenvalue weighted by Crippen LogP contribution is -2.38. The van der Waals surface area contributed by atoms with Crippen LogP contribution in [0.15, 0.2) is 43.0 Å². The van der Waals surface area contributed by atoms with Crippen molar-refractivity contribution in [2.75, 3.05) is 13.1 Å². The van der Waals surface area contributed by atoms with Gasteiger partial charge in [-0.2, -0.15) is 0 Å². The predicted octanol–water partition coefficient (Wildman–Crippen LogP) is 1.67. The van der Waals surface area contributed by atoms with Gasteiger partial charge in [0.2, 0.25) is 11.8 Å². The van der Waals surface area contributed by atoms with Crippen molar-refractivity contribution in [2.24, 2.45) is 0 Å². The van der Waals surface area contributed by atoms with Crippen molar-refractivity contribution < 1.29 is 9.59 Å². The van der Waals surface area contributed by atoms with Gasteiger partial charge in [-0.05, 0) is 31.0 Å². The molecule has 1 atom stereocenters. The number of nitrogens with zero attached hydrogens (tertiary/aromatic N) is 3.